The van der Waals surface area contributed by atoms with Crippen LogP contribution in [0.25, 0.3) is 0 Å². The van der Waals surface area contributed by atoms with Crippen molar-refractivity contribution >= 4 is 0 Å². The molecule has 0 aliphatic carbocycles. The average Bonchev–Trinajstić information content (AvgIpc) is 1.81. The molecule has 4 heteroatoms. The van der Waals surface area contributed by atoms with E-state index in [-0.39, 0.29) is 6.61 Å². The van der Waals surface area contributed by atoms with Crippen molar-refractivity contribution in [2.45, 2.75) is 32.3 Å². The van der Waals surface area contributed by atoms with Crippen molar-refractivity contribution in [3.63, 3.8) is 0 Å². The molecule has 0 fully saturated rings. The van der Waals surface area contributed by atoms with Crippen molar-refractivity contribution in [3.8, 4) is 0 Å². The van der Waals surface area contributed by atoms with Crippen LogP contribution in [0.15, 0.2) is 0 Å². The monoisotopic (exact) mass is 150 g/mol. The SMILES string of the molecule is CC(O)OC(CO)[C@H](C)O. The molecule has 0 amide bonds. The van der Waals surface area contributed by atoms with Gasteiger partial charge in [0.25, 0.3) is 0 Å². The van der Waals surface area contributed by atoms with E-state index in [0.717, 1.165) is 0 Å². The Bertz CT molecular complexity index is 81.8. The zero-order chi connectivity index (χ0) is 8.15. The zero-order valence-electron chi connectivity index (χ0n) is 6.19. The van der Waals surface area contributed by atoms with Gasteiger partial charge in [0.15, 0.2) is 6.29 Å². The van der Waals surface area contributed by atoms with Crippen LogP contribution in [0, 0.1) is 0 Å². The summed E-state index contributed by atoms with van der Waals surface area (Å²) in [7, 11) is 0. The third-order valence-corrected chi connectivity index (χ3v) is 1.09. The third-order valence-electron chi connectivity index (χ3n) is 1.09. The molecule has 0 aromatic carbocycles. The number of aliphatic hydroxyl groups is 3. The molecule has 3 atom stereocenters. The van der Waals surface area contributed by atoms with E-state index in [0.29, 0.717) is 0 Å². The number of rotatable bonds is 4. The van der Waals surface area contributed by atoms with Gasteiger partial charge in [0, 0.05) is 0 Å². The van der Waals surface area contributed by atoms with Gasteiger partial charge in [0.05, 0.1) is 12.7 Å². The van der Waals surface area contributed by atoms with E-state index in [1.165, 1.54) is 13.8 Å². The lowest BCUT2D eigenvalue weighted by Gasteiger charge is -2.19. The first-order valence-corrected chi connectivity index (χ1v) is 3.20. The van der Waals surface area contributed by atoms with Crippen LogP contribution < -0.4 is 0 Å². The van der Waals surface area contributed by atoms with E-state index >= 15 is 0 Å². The summed E-state index contributed by atoms with van der Waals surface area (Å²) in [5.41, 5.74) is 0. The van der Waals surface area contributed by atoms with Gasteiger partial charge in [0.1, 0.15) is 6.10 Å². The molecule has 0 aromatic heterocycles. The topological polar surface area (TPSA) is 69.9 Å². The predicted molar refractivity (Wildman–Crippen MR) is 35.3 cm³/mol. The van der Waals surface area contributed by atoms with Crippen molar-refractivity contribution in [2.24, 2.45) is 0 Å². The standard InChI is InChI=1S/C6H14O4/c1-4(8)6(3-7)10-5(2)9/h4-9H,3H2,1-2H3/t4-,5?,6?/m0/s1. The quantitative estimate of drug-likeness (QED) is 0.453. The fourth-order valence-corrected chi connectivity index (χ4v) is 0.562. The van der Waals surface area contributed by atoms with Gasteiger partial charge < -0.3 is 20.1 Å². The molecular weight excluding hydrogens is 136 g/mol. The minimum absolute atomic E-state index is 0.289. The van der Waals surface area contributed by atoms with E-state index in [4.69, 9.17) is 20.1 Å². The average molecular weight is 150 g/mol. The van der Waals surface area contributed by atoms with E-state index in [9.17, 15) is 0 Å². The second-order valence-corrected chi connectivity index (χ2v) is 2.20. The lowest BCUT2D eigenvalue weighted by atomic mass is 10.2. The summed E-state index contributed by atoms with van der Waals surface area (Å²) in [5, 5.41) is 26.1. The van der Waals surface area contributed by atoms with E-state index < -0.39 is 18.5 Å². The van der Waals surface area contributed by atoms with Crippen LogP contribution in [0.5, 0.6) is 0 Å². The van der Waals surface area contributed by atoms with Gasteiger partial charge >= 0.3 is 0 Å². The van der Waals surface area contributed by atoms with E-state index in [1.54, 1.807) is 0 Å². The molecule has 0 saturated heterocycles. The van der Waals surface area contributed by atoms with Crippen molar-refractivity contribution in [1.82, 2.24) is 0 Å². The Morgan fingerprint density at radius 3 is 1.90 bits per heavy atom. The third kappa shape index (κ3) is 3.79. The molecule has 2 unspecified atom stereocenters. The van der Waals surface area contributed by atoms with Gasteiger partial charge in [-0.25, -0.2) is 0 Å². The van der Waals surface area contributed by atoms with Crippen LogP contribution >= 0.6 is 0 Å². The number of aliphatic hydroxyl groups excluding tert-OH is 3. The molecule has 0 aliphatic rings. The second kappa shape index (κ2) is 4.62. The van der Waals surface area contributed by atoms with Crippen molar-refractivity contribution < 1.29 is 20.1 Å². The van der Waals surface area contributed by atoms with Crippen LogP contribution in [0.1, 0.15) is 13.8 Å². The Hall–Kier alpha value is -0.160. The van der Waals surface area contributed by atoms with Gasteiger partial charge in [-0.2, -0.15) is 0 Å². The summed E-state index contributed by atoms with van der Waals surface area (Å²) in [4.78, 5) is 0. The fraction of sp³-hybridized carbons (Fsp3) is 1.00. The minimum atomic E-state index is -0.952. The highest BCUT2D eigenvalue weighted by molar-refractivity contribution is 4.61. The van der Waals surface area contributed by atoms with Gasteiger partial charge in [-0.15, -0.1) is 0 Å². The second-order valence-electron chi connectivity index (χ2n) is 2.20. The maximum absolute atomic E-state index is 8.86. The van der Waals surface area contributed by atoms with E-state index in [2.05, 4.69) is 0 Å². The van der Waals surface area contributed by atoms with Crippen molar-refractivity contribution in [1.29, 1.82) is 0 Å². The molecule has 62 valence electrons. The molecule has 0 aliphatic heterocycles. The number of ether oxygens (including phenoxy) is 1. The van der Waals surface area contributed by atoms with Crippen LogP contribution in [0.2, 0.25) is 0 Å². The fourth-order valence-electron chi connectivity index (χ4n) is 0.562. The Labute approximate surface area is 60.1 Å². The Morgan fingerprint density at radius 1 is 1.30 bits per heavy atom. The Balaban J connectivity index is 3.60. The molecule has 0 radical (unpaired) electrons. The summed E-state index contributed by atoms with van der Waals surface area (Å²) in [6.45, 7) is 2.62. The first-order chi connectivity index (χ1) is 4.57. The number of hydrogen-bond donors (Lipinski definition) is 3. The molecule has 0 bridgehead atoms. The first kappa shape index (κ1) is 9.84. The van der Waals surface area contributed by atoms with Crippen LogP contribution in [-0.4, -0.2) is 40.4 Å². The maximum atomic E-state index is 8.86. The summed E-state index contributed by atoms with van der Waals surface area (Å²) < 4.78 is 4.72. The summed E-state index contributed by atoms with van der Waals surface area (Å²) >= 11 is 0. The summed E-state index contributed by atoms with van der Waals surface area (Å²) in [6.07, 6.45) is -2.41. The highest BCUT2D eigenvalue weighted by Gasteiger charge is 2.15. The van der Waals surface area contributed by atoms with Crippen molar-refractivity contribution in [3.05, 3.63) is 0 Å². The minimum Gasteiger partial charge on any atom is -0.394 e. The van der Waals surface area contributed by atoms with E-state index in [1.807, 2.05) is 0 Å². The highest BCUT2D eigenvalue weighted by Crippen LogP contribution is 2.00. The molecule has 0 rings (SSSR count). The van der Waals surface area contributed by atoms with Crippen LogP contribution in [0.3, 0.4) is 0 Å². The predicted octanol–water partition coefficient (Wildman–Crippen LogP) is -0.917. The first-order valence-electron chi connectivity index (χ1n) is 3.20. The van der Waals surface area contributed by atoms with Crippen molar-refractivity contribution in [2.75, 3.05) is 6.61 Å². The van der Waals surface area contributed by atoms with Gasteiger partial charge in [0.2, 0.25) is 0 Å². The molecule has 3 N–H and O–H groups in total. The molecule has 0 spiro atoms. The molecule has 0 aromatic rings. The van der Waals surface area contributed by atoms with Gasteiger partial charge in [-0.05, 0) is 13.8 Å². The van der Waals surface area contributed by atoms with Gasteiger partial charge in [-0.1, -0.05) is 0 Å². The lowest BCUT2D eigenvalue weighted by molar-refractivity contribution is -0.163. The largest absolute Gasteiger partial charge is 0.394 e. The molecule has 0 saturated carbocycles. The summed E-state index contributed by atoms with van der Waals surface area (Å²) in [5.74, 6) is 0. The maximum Gasteiger partial charge on any atom is 0.152 e. The highest BCUT2D eigenvalue weighted by atomic mass is 16.6. The smallest absolute Gasteiger partial charge is 0.152 e. The van der Waals surface area contributed by atoms with Gasteiger partial charge in [-0.3, -0.25) is 0 Å². The zero-order valence-corrected chi connectivity index (χ0v) is 6.19. The normalized spacial score (nSPS) is 20.1. The number of hydrogen-bond acceptors (Lipinski definition) is 4. The van der Waals surface area contributed by atoms with Crippen LogP contribution in [-0.2, 0) is 4.74 Å². The molecule has 10 heavy (non-hydrogen) atoms. The Morgan fingerprint density at radius 2 is 1.80 bits per heavy atom. The summed E-state index contributed by atoms with van der Waals surface area (Å²) in [6, 6.07) is 0. The molecular formula is C6H14O4. The Kier molecular flexibility index (Phi) is 4.55. The van der Waals surface area contributed by atoms with Crippen LogP contribution in [0.4, 0.5) is 0 Å². The molecule has 4 nitrogen and oxygen atoms in total. The molecule has 0 heterocycles. The lowest BCUT2D eigenvalue weighted by Crippen LogP contribution is -2.33.